The Morgan fingerprint density at radius 1 is 1.47 bits per heavy atom. The average Bonchev–Trinajstić information content (AvgIpc) is 2.64. The van der Waals surface area contributed by atoms with E-state index in [4.69, 9.17) is 11.1 Å². The number of nitrogens with zero attached hydrogens (tertiary/aromatic N) is 3. The first-order valence-electron chi connectivity index (χ1n) is 5.05. The van der Waals surface area contributed by atoms with Crippen LogP contribution in [-0.2, 0) is 7.05 Å². The van der Waals surface area contributed by atoms with Gasteiger partial charge in [0, 0.05) is 30.7 Å². The molecule has 6 heteroatoms. The second kappa shape index (κ2) is 4.58. The van der Waals surface area contributed by atoms with Crippen LogP contribution in [0.3, 0.4) is 0 Å². The first-order valence-corrected chi connectivity index (χ1v) is 5.87. The molecular weight excluding hydrogens is 234 g/mol. The lowest BCUT2D eigenvalue weighted by Crippen LogP contribution is -2.13. The van der Waals surface area contributed by atoms with Crippen molar-refractivity contribution in [3.63, 3.8) is 0 Å². The van der Waals surface area contributed by atoms with E-state index in [0.29, 0.717) is 10.6 Å². The molecule has 0 radical (unpaired) electrons. The molecule has 88 valence electrons. The van der Waals surface area contributed by atoms with Gasteiger partial charge >= 0.3 is 0 Å². The number of imidazole rings is 1. The lowest BCUT2D eigenvalue weighted by molar-refractivity contribution is 0.788. The largest absolute Gasteiger partial charge is 0.384 e. The van der Waals surface area contributed by atoms with E-state index in [1.807, 2.05) is 36.9 Å². The van der Waals surface area contributed by atoms with Gasteiger partial charge in [-0.3, -0.25) is 5.41 Å². The molecule has 5 nitrogen and oxygen atoms in total. The lowest BCUT2D eigenvalue weighted by atomic mass is 10.2. The topological polar surface area (TPSA) is 80.6 Å². The van der Waals surface area contributed by atoms with Crippen molar-refractivity contribution >= 4 is 17.6 Å². The summed E-state index contributed by atoms with van der Waals surface area (Å²) in [4.78, 5) is 8.61. The molecule has 0 atom stereocenters. The van der Waals surface area contributed by atoms with E-state index in [-0.39, 0.29) is 5.84 Å². The minimum Gasteiger partial charge on any atom is -0.384 e. The summed E-state index contributed by atoms with van der Waals surface area (Å²) in [6.07, 6.45) is 3.59. The number of aryl methyl sites for hydroxylation is 2. The van der Waals surface area contributed by atoms with E-state index in [1.165, 1.54) is 11.8 Å². The Morgan fingerprint density at radius 3 is 2.82 bits per heavy atom. The molecule has 0 unspecified atom stereocenters. The fraction of sp³-hybridized carbons (Fsp3) is 0.182. The Hall–Kier alpha value is -1.82. The van der Waals surface area contributed by atoms with Crippen LogP contribution >= 0.6 is 11.8 Å². The Labute approximate surface area is 104 Å². The molecule has 2 rings (SSSR count). The van der Waals surface area contributed by atoms with Crippen molar-refractivity contribution in [2.24, 2.45) is 12.8 Å². The maximum atomic E-state index is 7.53. The van der Waals surface area contributed by atoms with Gasteiger partial charge in [0.15, 0.2) is 5.16 Å². The molecule has 17 heavy (non-hydrogen) atoms. The summed E-state index contributed by atoms with van der Waals surface area (Å²) in [5.74, 6) is 0.0224. The third-order valence-corrected chi connectivity index (χ3v) is 3.34. The van der Waals surface area contributed by atoms with Crippen LogP contribution in [0, 0.1) is 12.3 Å². The number of hydrogen-bond acceptors (Lipinski definition) is 4. The van der Waals surface area contributed by atoms with Crippen molar-refractivity contribution in [1.82, 2.24) is 14.5 Å². The first-order chi connectivity index (χ1) is 8.08. The van der Waals surface area contributed by atoms with Crippen molar-refractivity contribution in [2.75, 3.05) is 0 Å². The van der Waals surface area contributed by atoms with Crippen LogP contribution in [0.5, 0.6) is 0 Å². The van der Waals surface area contributed by atoms with Crippen molar-refractivity contribution < 1.29 is 0 Å². The number of aromatic nitrogens is 3. The van der Waals surface area contributed by atoms with Gasteiger partial charge in [0.25, 0.3) is 0 Å². The fourth-order valence-electron chi connectivity index (χ4n) is 1.35. The molecule has 0 fully saturated rings. The summed E-state index contributed by atoms with van der Waals surface area (Å²) in [5.41, 5.74) is 7.07. The van der Waals surface area contributed by atoms with E-state index in [2.05, 4.69) is 9.97 Å². The Balaban J connectivity index is 2.41. The number of hydrogen-bond donors (Lipinski definition) is 2. The highest BCUT2D eigenvalue weighted by atomic mass is 32.2. The molecule has 0 aliphatic carbocycles. The van der Waals surface area contributed by atoms with Gasteiger partial charge in [-0.1, -0.05) is 0 Å². The Morgan fingerprint density at radius 2 is 2.24 bits per heavy atom. The van der Waals surface area contributed by atoms with Crippen LogP contribution < -0.4 is 5.73 Å². The summed E-state index contributed by atoms with van der Waals surface area (Å²) in [7, 11) is 1.92. The van der Waals surface area contributed by atoms with Crippen LogP contribution in [0.1, 0.15) is 11.3 Å². The van der Waals surface area contributed by atoms with Gasteiger partial charge in [-0.05, 0) is 30.8 Å². The average molecular weight is 247 g/mol. The SMILES string of the molecule is Cc1ccc(C(=N)N)c(Sc2nccn2C)n1. The zero-order chi connectivity index (χ0) is 12.4. The molecule has 0 saturated carbocycles. The van der Waals surface area contributed by atoms with Gasteiger partial charge in [-0.15, -0.1) is 0 Å². The molecule has 2 heterocycles. The smallest absolute Gasteiger partial charge is 0.174 e. The zero-order valence-electron chi connectivity index (χ0n) is 9.64. The molecule has 0 aliphatic heterocycles. The summed E-state index contributed by atoms with van der Waals surface area (Å²) < 4.78 is 1.90. The number of rotatable bonds is 3. The van der Waals surface area contributed by atoms with Gasteiger partial charge in [0.1, 0.15) is 10.9 Å². The maximum absolute atomic E-state index is 7.53. The van der Waals surface area contributed by atoms with E-state index in [1.54, 1.807) is 6.20 Å². The molecule has 0 spiro atoms. The van der Waals surface area contributed by atoms with Gasteiger partial charge in [-0.2, -0.15) is 0 Å². The predicted molar refractivity (Wildman–Crippen MR) is 67.3 cm³/mol. The van der Waals surface area contributed by atoms with Crippen molar-refractivity contribution in [2.45, 2.75) is 17.1 Å². The summed E-state index contributed by atoms with van der Waals surface area (Å²) in [6.45, 7) is 1.91. The maximum Gasteiger partial charge on any atom is 0.174 e. The number of nitrogen functional groups attached to an aromatic ring is 1. The van der Waals surface area contributed by atoms with Crippen LogP contribution in [0.2, 0.25) is 0 Å². The molecule has 0 amide bonds. The zero-order valence-corrected chi connectivity index (χ0v) is 10.5. The van der Waals surface area contributed by atoms with Gasteiger partial charge in [0.2, 0.25) is 0 Å². The van der Waals surface area contributed by atoms with Crippen LogP contribution in [0.15, 0.2) is 34.7 Å². The number of nitrogens with one attached hydrogen (secondary N) is 1. The first kappa shape index (κ1) is 11.7. The van der Waals surface area contributed by atoms with E-state index in [9.17, 15) is 0 Å². The van der Waals surface area contributed by atoms with Gasteiger partial charge in [0.05, 0.1) is 0 Å². The fourth-order valence-corrected chi connectivity index (χ4v) is 2.32. The van der Waals surface area contributed by atoms with Crippen LogP contribution in [0.4, 0.5) is 0 Å². The van der Waals surface area contributed by atoms with Crippen molar-refractivity contribution in [1.29, 1.82) is 5.41 Å². The molecule has 3 N–H and O–H groups in total. The van der Waals surface area contributed by atoms with Crippen molar-refractivity contribution in [3.8, 4) is 0 Å². The van der Waals surface area contributed by atoms with E-state index < -0.39 is 0 Å². The Bertz CT molecular complexity index is 561. The molecule has 0 bridgehead atoms. The monoisotopic (exact) mass is 247 g/mol. The van der Waals surface area contributed by atoms with Crippen LogP contribution in [-0.4, -0.2) is 20.4 Å². The highest BCUT2D eigenvalue weighted by molar-refractivity contribution is 7.99. The van der Waals surface area contributed by atoms with Gasteiger partial charge in [-0.25, -0.2) is 9.97 Å². The number of pyridine rings is 1. The second-order valence-corrected chi connectivity index (χ2v) is 4.60. The predicted octanol–water partition coefficient (Wildman–Crippen LogP) is 1.56. The molecule has 0 aliphatic rings. The summed E-state index contributed by atoms with van der Waals surface area (Å²) in [6, 6.07) is 3.66. The highest BCUT2D eigenvalue weighted by Crippen LogP contribution is 2.27. The second-order valence-electron chi connectivity index (χ2n) is 3.64. The summed E-state index contributed by atoms with van der Waals surface area (Å²) >= 11 is 1.41. The van der Waals surface area contributed by atoms with Gasteiger partial charge < -0.3 is 10.3 Å². The number of nitrogens with two attached hydrogens (primary N) is 1. The van der Waals surface area contributed by atoms with Crippen molar-refractivity contribution in [3.05, 3.63) is 35.8 Å². The van der Waals surface area contributed by atoms with E-state index in [0.717, 1.165) is 10.9 Å². The van der Waals surface area contributed by atoms with Crippen LogP contribution in [0.25, 0.3) is 0 Å². The molecule has 0 saturated heterocycles. The third-order valence-electron chi connectivity index (χ3n) is 2.25. The van der Waals surface area contributed by atoms with E-state index >= 15 is 0 Å². The molecule has 0 aromatic carbocycles. The molecular formula is C11H13N5S. The molecule has 2 aromatic heterocycles. The number of amidine groups is 1. The molecule has 2 aromatic rings. The highest BCUT2D eigenvalue weighted by Gasteiger charge is 2.11. The minimum atomic E-state index is 0.0224. The quantitative estimate of drug-likeness (QED) is 0.637. The summed E-state index contributed by atoms with van der Waals surface area (Å²) in [5, 5.41) is 9.07. The minimum absolute atomic E-state index is 0.0224. The normalized spacial score (nSPS) is 10.5. The lowest BCUT2D eigenvalue weighted by Gasteiger charge is -2.07. The third kappa shape index (κ3) is 2.47. The Kier molecular flexibility index (Phi) is 3.14. The standard InChI is InChI=1S/C11H13N5S/c1-7-3-4-8(9(12)13)10(15-7)17-11-14-5-6-16(11)2/h3-6H,1-2H3,(H3,12,13).